The summed E-state index contributed by atoms with van der Waals surface area (Å²) in [6.07, 6.45) is 0. The van der Waals surface area contributed by atoms with Gasteiger partial charge in [0.2, 0.25) is 0 Å². The Balaban J connectivity index is 1.78. The molecule has 0 aliphatic carbocycles. The number of hydrogen-bond acceptors (Lipinski definition) is 2. The molecule has 0 saturated heterocycles. The smallest absolute Gasteiger partial charge is 0.254 e. The van der Waals surface area contributed by atoms with E-state index in [1.54, 1.807) is 0 Å². The lowest BCUT2D eigenvalue weighted by Crippen LogP contribution is -2.22. The molecule has 114 valence electrons. The van der Waals surface area contributed by atoms with Crippen molar-refractivity contribution in [3.05, 3.63) is 63.7 Å². The van der Waals surface area contributed by atoms with Gasteiger partial charge in [0.05, 0.1) is 0 Å². The molecule has 0 spiro atoms. The van der Waals surface area contributed by atoms with Gasteiger partial charge in [0, 0.05) is 35.9 Å². The van der Waals surface area contributed by atoms with Gasteiger partial charge in [-0.15, -0.1) is 0 Å². The minimum Gasteiger partial charge on any atom is -0.381 e. The van der Waals surface area contributed by atoms with Crippen molar-refractivity contribution in [3.8, 4) is 0 Å². The van der Waals surface area contributed by atoms with Gasteiger partial charge in [0.25, 0.3) is 5.91 Å². The molecule has 22 heavy (non-hydrogen) atoms. The third-order valence-electron chi connectivity index (χ3n) is 4.19. The fraction of sp³-hybridized carbons (Fsp3) is 0.278. The lowest BCUT2D eigenvalue weighted by molar-refractivity contribution is 0.0787. The zero-order chi connectivity index (χ0) is 15.7. The van der Waals surface area contributed by atoms with Crippen LogP contribution in [0.1, 0.15) is 34.0 Å². The topological polar surface area (TPSA) is 32.3 Å². The highest BCUT2D eigenvalue weighted by Crippen LogP contribution is 2.26. The van der Waals surface area contributed by atoms with E-state index < -0.39 is 0 Å². The summed E-state index contributed by atoms with van der Waals surface area (Å²) >= 11 is 6.25. The number of halogens is 1. The van der Waals surface area contributed by atoms with E-state index in [0.717, 1.165) is 39.5 Å². The molecule has 1 aliphatic rings. The number of rotatable bonds is 4. The van der Waals surface area contributed by atoms with E-state index in [1.165, 1.54) is 0 Å². The second kappa shape index (κ2) is 6.01. The molecule has 0 atom stereocenters. The Kier molecular flexibility index (Phi) is 4.08. The van der Waals surface area contributed by atoms with Crippen LogP contribution in [-0.4, -0.2) is 17.4 Å². The predicted octanol–water partition coefficient (Wildman–Crippen LogP) is 4.24. The van der Waals surface area contributed by atoms with Crippen molar-refractivity contribution in [1.29, 1.82) is 0 Å². The van der Waals surface area contributed by atoms with Crippen molar-refractivity contribution in [2.24, 2.45) is 0 Å². The van der Waals surface area contributed by atoms with Gasteiger partial charge in [-0.3, -0.25) is 4.79 Å². The average Bonchev–Trinajstić information content (AvgIpc) is 2.83. The Morgan fingerprint density at radius 2 is 2.09 bits per heavy atom. The van der Waals surface area contributed by atoms with E-state index in [0.29, 0.717) is 13.1 Å². The van der Waals surface area contributed by atoms with Crippen LogP contribution in [0.15, 0.2) is 36.4 Å². The van der Waals surface area contributed by atoms with Gasteiger partial charge in [0.1, 0.15) is 0 Å². The summed E-state index contributed by atoms with van der Waals surface area (Å²) in [6, 6.07) is 11.9. The van der Waals surface area contributed by atoms with Crippen LogP contribution in [0.4, 0.5) is 5.69 Å². The Labute approximate surface area is 135 Å². The van der Waals surface area contributed by atoms with Gasteiger partial charge in [-0.2, -0.15) is 0 Å². The number of anilines is 1. The van der Waals surface area contributed by atoms with Crippen LogP contribution < -0.4 is 5.32 Å². The number of amides is 1. The number of aryl methyl sites for hydroxylation is 1. The van der Waals surface area contributed by atoms with Gasteiger partial charge >= 0.3 is 0 Å². The maximum Gasteiger partial charge on any atom is 0.254 e. The third-order valence-corrected chi connectivity index (χ3v) is 4.55. The van der Waals surface area contributed by atoms with Crippen molar-refractivity contribution in [3.63, 3.8) is 0 Å². The Bertz CT molecular complexity index is 707. The van der Waals surface area contributed by atoms with Crippen LogP contribution >= 0.6 is 11.6 Å². The lowest BCUT2D eigenvalue weighted by Gasteiger charge is -2.12. The largest absolute Gasteiger partial charge is 0.381 e. The molecule has 3 rings (SSSR count). The number of carbonyl (C=O) groups is 1. The van der Waals surface area contributed by atoms with E-state index in [1.807, 2.05) is 55.1 Å². The molecule has 1 N–H and O–H groups in total. The molecule has 0 saturated carbocycles. The van der Waals surface area contributed by atoms with Crippen molar-refractivity contribution >= 4 is 23.2 Å². The van der Waals surface area contributed by atoms with Gasteiger partial charge in [-0.05, 0) is 48.7 Å². The van der Waals surface area contributed by atoms with E-state index in [9.17, 15) is 4.79 Å². The van der Waals surface area contributed by atoms with Gasteiger partial charge in [-0.25, -0.2) is 0 Å². The van der Waals surface area contributed by atoms with Gasteiger partial charge in [-0.1, -0.05) is 29.8 Å². The highest BCUT2D eigenvalue weighted by Gasteiger charge is 2.25. The number of nitrogens with one attached hydrogen (secondary N) is 1. The number of carbonyl (C=O) groups excluding carboxylic acids is 1. The zero-order valence-electron chi connectivity index (χ0n) is 12.8. The lowest BCUT2D eigenvalue weighted by atomic mass is 10.1. The SMILES string of the molecule is CCN1Cc2ccc(NCc3c(C)cccc3Cl)cc2C1=O. The van der Waals surface area contributed by atoms with Crippen LogP contribution in [0, 0.1) is 6.92 Å². The van der Waals surface area contributed by atoms with Crippen LogP contribution in [0.5, 0.6) is 0 Å². The fourth-order valence-electron chi connectivity index (χ4n) is 2.81. The van der Waals surface area contributed by atoms with Crippen LogP contribution in [-0.2, 0) is 13.1 Å². The molecule has 0 bridgehead atoms. The summed E-state index contributed by atoms with van der Waals surface area (Å²) < 4.78 is 0. The predicted molar refractivity (Wildman–Crippen MR) is 90.4 cm³/mol. The monoisotopic (exact) mass is 314 g/mol. The zero-order valence-corrected chi connectivity index (χ0v) is 13.6. The molecule has 0 radical (unpaired) electrons. The Hall–Kier alpha value is -2.00. The molecular weight excluding hydrogens is 296 g/mol. The first-order chi connectivity index (χ1) is 10.6. The third kappa shape index (κ3) is 2.69. The van der Waals surface area contributed by atoms with Crippen LogP contribution in [0.3, 0.4) is 0 Å². The van der Waals surface area contributed by atoms with Crippen molar-refractivity contribution in [2.75, 3.05) is 11.9 Å². The summed E-state index contributed by atoms with van der Waals surface area (Å²) in [5.41, 5.74) is 5.11. The Morgan fingerprint density at radius 3 is 2.82 bits per heavy atom. The number of fused-ring (bicyclic) bond motifs is 1. The van der Waals surface area contributed by atoms with E-state index in [-0.39, 0.29) is 5.91 Å². The summed E-state index contributed by atoms with van der Waals surface area (Å²) in [5, 5.41) is 4.14. The van der Waals surface area contributed by atoms with E-state index >= 15 is 0 Å². The summed E-state index contributed by atoms with van der Waals surface area (Å²) in [6.45, 7) is 6.16. The van der Waals surface area contributed by atoms with E-state index in [4.69, 9.17) is 11.6 Å². The minimum atomic E-state index is 0.120. The highest BCUT2D eigenvalue weighted by atomic mass is 35.5. The molecule has 2 aromatic carbocycles. The van der Waals surface area contributed by atoms with Crippen LogP contribution in [0.25, 0.3) is 0 Å². The molecular formula is C18H19ClN2O. The first kappa shape index (κ1) is 14.9. The molecule has 4 heteroatoms. The van der Waals surface area contributed by atoms with Crippen molar-refractivity contribution in [2.45, 2.75) is 26.9 Å². The molecule has 3 nitrogen and oxygen atoms in total. The number of benzene rings is 2. The maximum atomic E-state index is 12.2. The van der Waals surface area contributed by atoms with Gasteiger partial charge in [0.15, 0.2) is 0 Å². The second-order valence-electron chi connectivity index (χ2n) is 5.58. The molecule has 0 unspecified atom stereocenters. The molecule has 1 aliphatic heterocycles. The van der Waals surface area contributed by atoms with Crippen molar-refractivity contribution < 1.29 is 4.79 Å². The molecule has 0 aromatic heterocycles. The maximum absolute atomic E-state index is 12.2. The fourth-order valence-corrected chi connectivity index (χ4v) is 3.10. The molecule has 1 heterocycles. The summed E-state index contributed by atoms with van der Waals surface area (Å²) in [4.78, 5) is 14.1. The normalized spacial score (nSPS) is 13.4. The Morgan fingerprint density at radius 1 is 1.27 bits per heavy atom. The molecule has 2 aromatic rings. The van der Waals surface area contributed by atoms with Crippen LogP contribution in [0.2, 0.25) is 5.02 Å². The number of nitrogens with zero attached hydrogens (tertiary/aromatic N) is 1. The highest BCUT2D eigenvalue weighted by molar-refractivity contribution is 6.31. The van der Waals surface area contributed by atoms with Gasteiger partial charge < -0.3 is 10.2 Å². The van der Waals surface area contributed by atoms with Crippen molar-refractivity contribution in [1.82, 2.24) is 4.90 Å². The molecule has 1 amide bonds. The molecule has 0 fully saturated rings. The first-order valence-corrected chi connectivity index (χ1v) is 7.88. The standard InChI is InChI=1S/C18H19ClN2O/c1-3-21-11-13-7-8-14(9-15(13)18(21)22)20-10-16-12(2)5-4-6-17(16)19/h4-9,20H,3,10-11H2,1-2H3. The second-order valence-corrected chi connectivity index (χ2v) is 5.99. The van der Waals surface area contributed by atoms with E-state index in [2.05, 4.69) is 5.32 Å². The summed E-state index contributed by atoms with van der Waals surface area (Å²) in [7, 11) is 0. The first-order valence-electron chi connectivity index (χ1n) is 7.50. The summed E-state index contributed by atoms with van der Waals surface area (Å²) in [5.74, 6) is 0.120. The average molecular weight is 315 g/mol. The number of hydrogen-bond donors (Lipinski definition) is 1. The quantitative estimate of drug-likeness (QED) is 0.915. The minimum absolute atomic E-state index is 0.120.